The number of nitrogens with one attached hydrogen (secondary N) is 1. The topological polar surface area (TPSA) is 58.6 Å². The van der Waals surface area contributed by atoms with E-state index < -0.39 is 17.6 Å². The van der Waals surface area contributed by atoms with E-state index >= 15 is 0 Å². The van der Waals surface area contributed by atoms with Gasteiger partial charge in [-0.3, -0.25) is 9.59 Å². The molecule has 0 radical (unpaired) electrons. The highest BCUT2D eigenvalue weighted by atomic mass is 19.4. The molecule has 27 heavy (non-hydrogen) atoms. The van der Waals surface area contributed by atoms with Crippen molar-refractivity contribution in [2.24, 2.45) is 0 Å². The average Bonchev–Trinajstić information content (AvgIpc) is 3.06. The molecule has 8 heteroatoms. The molecule has 1 N–H and O–H groups in total. The summed E-state index contributed by atoms with van der Waals surface area (Å²) in [6.45, 7) is 0.604. The van der Waals surface area contributed by atoms with Crippen molar-refractivity contribution in [3.63, 3.8) is 0 Å². The van der Waals surface area contributed by atoms with Crippen LogP contribution >= 0.6 is 0 Å². The third kappa shape index (κ3) is 4.05. The molecule has 2 aromatic rings. The maximum atomic E-state index is 12.6. The first-order valence-electron chi connectivity index (χ1n) is 8.26. The number of amides is 2. The van der Waals surface area contributed by atoms with Crippen molar-refractivity contribution >= 4 is 23.2 Å². The minimum atomic E-state index is -4.45. The van der Waals surface area contributed by atoms with Gasteiger partial charge in [0.2, 0.25) is 5.91 Å². The summed E-state index contributed by atoms with van der Waals surface area (Å²) in [6, 6.07) is 8.81. The lowest BCUT2D eigenvalue weighted by atomic mass is 10.1. The van der Waals surface area contributed by atoms with Crippen molar-refractivity contribution in [2.45, 2.75) is 19.0 Å². The first kappa shape index (κ1) is 18.8. The maximum absolute atomic E-state index is 12.6. The van der Waals surface area contributed by atoms with Gasteiger partial charge in [0.1, 0.15) is 5.75 Å². The summed E-state index contributed by atoms with van der Waals surface area (Å²) in [5.41, 5.74) is 0.306. The molecule has 1 heterocycles. The van der Waals surface area contributed by atoms with Gasteiger partial charge in [-0.05, 0) is 42.8 Å². The zero-order valence-corrected chi connectivity index (χ0v) is 14.5. The van der Waals surface area contributed by atoms with Gasteiger partial charge >= 0.3 is 6.18 Å². The lowest BCUT2D eigenvalue weighted by Crippen LogP contribution is -2.24. The van der Waals surface area contributed by atoms with E-state index in [0.717, 1.165) is 30.7 Å². The Morgan fingerprint density at radius 1 is 1.15 bits per heavy atom. The van der Waals surface area contributed by atoms with Crippen molar-refractivity contribution < 1.29 is 27.5 Å². The van der Waals surface area contributed by atoms with E-state index in [1.54, 1.807) is 23.1 Å². The second-order valence-electron chi connectivity index (χ2n) is 6.06. The molecule has 1 fully saturated rings. The van der Waals surface area contributed by atoms with Crippen molar-refractivity contribution in [1.82, 2.24) is 0 Å². The number of nitrogens with zero attached hydrogens (tertiary/aromatic N) is 1. The van der Waals surface area contributed by atoms with E-state index in [9.17, 15) is 22.8 Å². The molecule has 1 aliphatic heterocycles. The standard InChI is InChI=1S/C19H17F3N2O3/c1-27-16-11-14(8-9-15(16)24-10-2-3-17(24)25)23-18(26)12-4-6-13(7-5-12)19(20,21)22/h4-9,11H,2-3,10H2,1H3,(H,23,26). The molecule has 1 aliphatic rings. The lowest BCUT2D eigenvalue weighted by Gasteiger charge is -2.19. The summed E-state index contributed by atoms with van der Waals surface area (Å²) in [5.74, 6) is -0.110. The summed E-state index contributed by atoms with van der Waals surface area (Å²) >= 11 is 0. The van der Waals surface area contributed by atoms with Crippen LogP contribution in [0.2, 0.25) is 0 Å². The van der Waals surface area contributed by atoms with Gasteiger partial charge < -0.3 is 15.0 Å². The molecule has 2 aromatic carbocycles. The first-order valence-corrected chi connectivity index (χ1v) is 8.26. The van der Waals surface area contributed by atoms with Crippen LogP contribution in [0.5, 0.6) is 5.75 Å². The number of hydrogen-bond donors (Lipinski definition) is 1. The number of rotatable bonds is 4. The predicted octanol–water partition coefficient (Wildman–Crippen LogP) is 4.09. The highest BCUT2D eigenvalue weighted by Crippen LogP contribution is 2.34. The molecule has 3 rings (SSSR count). The third-order valence-electron chi connectivity index (χ3n) is 4.28. The van der Waals surface area contributed by atoms with E-state index in [1.165, 1.54) is 7.11 Å². The lowest BCUT2D eigenvalue weighted by molar-refractivity contribution is -0.137. The average molecular weight is 378 g/mol. The Labute approximate surface area is 153 Å². The second-order valence-corrected chi connectivity index (χ2v) is 6.06. The molecule has 0 aliphatic carbocycles. The van der Waals surface area contributed by atoms with Gasteiger partial charge in [-0.1, -0.05) is 0 Å². The van der Waals surface area contributed by atoms with Gasteiger partial charge in [0, 0.05) is 30.3 Å². The second kappa shape index (κ2) is 7.30. The molecule has 0 atom stereocenters. The number of methoxy groups -OCH3 is 1. The Hall–Kier alpha value is -3.03. The number of ether oxygens (including phenoxy) is 1. The monoisotopic (exact) mass is 378 g/mol. The highest BCUT2D eigenvalue weighted by Gasteiger charge is 2.30. The van der Waals surface area contributed by atoms with Crippen LogP contribution in [0, 0.1) is 0 Å². The summed E-state index contributed by atoms with van der Waals surface area (Å²) in [5, 5.41) is 2.62. The predicted molar refractivity (Wildman–Crippen MR) is 94.0 cm³/mol. The van der Waals surface area contributed by atoms with Crippen LogP contribution in [0.4, 0.5) is 24.5 Å². The number of carbonyl (C=O) groups excluding carboxylic acids is 2. The van der Waals surface area contributed by atoms with Crippen molar-refractivity contribution in [1.29, 1.82) is 0 Å². The Kier molecular flexibility index (Phi) is 5.07. The molecule has 5 nitrogen and oxygen atoms in total. The third-order valence-corrected chi connectivity index (χ3v) is 4.28. The number of carbonyl (C=O) groups is 2. The Balaban J connectivity index is 1.77. The fourth-order valence-electron chi connectivity index (χ4n) is 2.90. The van der Waals surface area contributed by atoms with Gasteiger partial charge in [0.25, 0.3) is 5.91 Å². The molecule has 2 amide bonds. The number of halogens is 3. The quantitative estimate of drug-likeness (QED) is 0.872. The summed E-state index contributed by atoms with van der Waals surface area (Å²) in [6.07, 6.45) is -3.20. The summed E-state index contributed by atoms with van der Waals surface area (Å²) in [7, 11) is 1.46. The molecule has 1 saturated heterocycles. The highest BCUT2D eigenvalue weighted by molar-refractivity contribution is 6.05. The molecular formula is C19H17F3N2O3. The normalized spacial score (nSPS) is 14.4. The van der Waals surface area contributed by atoms with E-state index in [-0.39, 0.29) is 11.5 Å². The van der Waals surface area contributed by atoms with Crippen LogP contribution in [0.25, 0.3) is 0 Å². The van der Waals surface area contributed by atoms with E-state index in [0.29, 0.717) is 30.1 Å². The molecule has 142 valence electrons. The van der Waals surface area contributed by atoms with E-state index in [1.807, 2.05) is 0 Å². The molecule has 0 saturated carbocycles. The van der Waals surface area contributed by atoms with E-state index in [4.69, 9.17) is 4.74 Å². The van der Waals surface area contributed by atoms with Crippen LogP contribution in [-0.4, -0.2) is 25.5 Å². The van der Waals surface area contributed by atoms with Gasteiger partial charge in [-0.15, -0.1) is 0 Å². The number of hydrogen-bond acceptors (Lipinski definition) is 3. The molecular weight excluding hydrogens is 361 g/mol. The molecule has 0 unspecified atom stereocenters. The van der Waals surface area contributed by atoms with Gasteiger partial charge in [-0.25, -0.2) is 0 Å². The fraction of sp³-hybridized carbons (Fsp3) is 0.263. The SMILES string of the molecule is COc1cc(NC(=O)c2ccc(C(F)(F)F)cc2)ccc1N1CCCC1=O. The van der Waals surface area contributed by atoms with Gasteiger partial charge in [0.15, 0.2) is 0 Å². The summed E-state index contributed by atoms with van der Waals surface area (Å²) in [4.78, 5) is 25.8. The van der Waals surface area contributed by atoms with Crippen LogP contribution in [-0.2, 0) is 11.0 Å². The smallest absolute Gasteiger partial charge is 0.416 e. The fourth-order valence-corrected chi connectivity index (χ4v) is 2.90. The largest absolute Gasteiger partial charge is 0.494 e. The Morgan fingerprint density at radius 3 is 2.41 bits per heavy atom. The van der Waals surface area contributed by atoms with Gasteiger partial charge in [0.05, 0.1) is 18.4 Å². The minimum Gasteiger partial charge on any atom is -0.494 e. The van der Waals surface area contributed by atoms with Crippen LogP contribution < -0.4 is 15.0 Å². The minimum absolute atomic E-state index is 0.00911. The maximum Gasteiger partial charge on any atom is 0.416 e. The Bertz CT molecular complexity index is 863. The number of benzene rings is 2. The Morgan fingerprint density at radius 2 is 1.85 bits per heavy atom. The number of anilines is 2. The molecule has 0 aromatic heterocycles. The van der Waals surface area contributed by atoms with Gasteiger partial charge in [-0.2, -0.15) is 13.2 Å². The number of alkyl halides is 3. The van der Waals surface area contributed by atoms with Crippen molar-refractivity contribution in [3.8, 4) is 5.75 Å². The van der Waals surface area contributed by atoms with Crippen LogP contribution in [0.15, 0.2) is 42.5 Å². The first-order chi connectivity index (χ1) is 12.8. The zero-order chi connectivity index (χ0) is 19.6. The van der Waals surface area contributed by atoms with E-state index in [2.05, 4.69) is 5.32 Å². The molecule has 0 spiro atoms. The van der Waals surface area contributed by atoms with Crippen LogP contribution in [0.3, 0.4) is 0 Å². The van der Waals surface area contributed by atoms with Crippen molar-refractivity contribution in [3.05, 3.63) is 53.6 Å². The zero-order valence-electron chi connectivity index (χ0n) is 14.5. The van der Waals surface area contributed by atoms with Crippen molar-refractivity contribution in [2.75, 3.05) is 23.9 Å². The molecule has 0 bridgehead atoms. The van der Waals surface area contributed by atoms with Crippen LogP contribution in [0.1, 0.15) is 28.8 Å². The summed E-state index contributed by atoms with van der Waals surface area (Å²) < 4.78 is 43.1.